The highest BCUT2D eigenvalue weighted by molar-refractivity contribution is 6.36. The molecule has 0 radical (unpaired) electrons. The zero-order chi connectivity index (χ0) is 11.7. The first-order chi connectivity index (χ1) is 7.58. The summed E-state index contributed by atoms with van der Waals surface area (Å²) in [7, 11) is 0. The lowest BCUT2D eigenvalue weighted by atomic mass is 10.1. The molecule has 0 aliphatic heterocycles. The van der Waals surface area contributed by atoms with E-state index in [1.165, 1.54) is 6.20 Å². The van der Waals surface area contributed by atoms with E-state index in [0.717, 1.165) is 24.1 Å². The summed E-state index contributed by atoms with van der Waals surface area (Å²) in [6.45, 7) is 1.91. The van der Waals surface area contributed by atoms with Gasteiger partial charge < -0.3 is 10.4 Å². The second kappa shape index (κ2) is 3.92. The Labute approximate surface area is 92.5 Å². The molecule has 0 spiro atoms. The van der Waals surface area contributed by atoms with Crippen LogP contribution in [-0.2, 0) is 9.59 Å². The predicted molar refractivity (Wildman–Crippen MR) is 57.2 cm³/mol. The van der Waals surface area contributed by atoms with Crippen molar-refractivity contribution in [2.45, 2.75) is 25.7 Å². The number of carbonyl (C=O) groups excluding carboxylic acids is 1. The van der Waals surface area contributed by atoms with Crippen molar-refractivity contribution in [1.82, 2.24) is 4.98 Å². The molecule has 5 nitrogen and oxygen atoms in total. The fourth-order valence-electron chi connectivity index (χ4n) is 1.61. The third-order valence-electron chi connectivity index (χ3n) is 2.60. The van der Waals surface area contributed by atoms with Gasteiger partial charge >= 0.3 is 11.9 Å². The Hall–Kier alpha value is -1.91. The van der Waals surface area contributed by atoms with Gasteiger partial charge in [-0.05, 0) is 37.3 Å². The molecule has 1 amide bonds. The molecule has 0 unspecified atom stereocenters. The van der Waals surface area contributed by atoms with Gasteiger partial charge in [-0.1, -0.05) is 0 Å². The Kier molecular flexibility index (Phi) is 2.60. The molecule has 2 rings (SSSR count). The van der Waals surface area contributed by atoms with Crippen LogP contribution in [0.25, 0.3) is 0 Å². The maximum absolute atomic E-state index is 11.0. The molecule has 1 fully saturated rings. The lowest BCUT2D eigenvalue weighted by Gasteiger charge is -2.07. The fraction of sp³-hybridized carbons (Fsp3) is 0.364. The van der Waals surface area contributed by atoms with Gasteiger partial charge in [0.05, 0.1) is 11.9 Å². The summed E-state index contributed by atoms with van der Waals surface area (Å²) < 4.78 is 0. The molecular weight excluding hydrogens is 208 g/mol. The number of carboxylic acid groups (broad SMARTS) is 1. The maximum Gasteiger partial charge on any atom is 0.394 e. The molecule has 0 aromatic carbocycles. The van der Waals surface area contributed by atoms with E-state index in [9.17, 15) is 9.59 Å². The number of hydrogen-bond acceptors (Lipinski definition) is 3. The van der Waals surface area contributed by atoms with Gasteiger partial charge in [-0.25, -0.2) is 4.79 Å². The van der Waals surface area contributed by atoms with E-state index in [0.29, 0.717) is 11.6 Å². The number of rotatable bonds is 2. The van der Waals surface area contributed by atoms with Crippen LogP contribution in [0.5, 0.6) is 0 Å². The summed E-state index contributed by atoms with van der Waals surface area (Å²) in [5.74, 6) is -2.00. The highest BCUT2D eigenvalue weighted by Crippen LogP contribution is 2.41. The Morgan fingerprint density at radius 2 is 2.19 bits per heavy atom. The first kappa shape index (κ1) is 10.6. The lowest BCUT2D eigenvalue weighted by Crippen LogP contribution is -2.22. The van der Waals surface area contributed by atoms with Crippen molar-refractivity contribution in [3.05, 3.63) is 23.5 Å². The summed E-state index contributed by atoms with van der Waals surface area (Å²) in [4.78, 5) is 25.5. The third-order valence-corrected chi connectivity index (χ3v) is 2.60. The van der Waals surface area contributed by atoms with Gasteiger partial charge in [0, 0.05) is 5.69 Å². The number of pyridine rings is 1. The Bertz CT molecular complexity index is 453. The molecule has 1 heterocycles. The van der Waals surface area contributed by atoms with Crippen molar-refractivity contribution in [3.8, 4) is 0 Å². The van der Waals surface area contributed by atoms with Crippen LogP contribution in [0.3, 0.4) is 0 Å². The minimum absolute atomic E-state index is 0.444. The van der Waals surface area contributed by atoms with E-state index in [2.05, 4.69) is 10.3 Å². The van der Waals surface area contributed by atoms with Crippen LogP contribution < -0.4 is 5.32 Å². The van der Waals surface area contributed by atoms with Gasteiger partial charge in [0.1, 0.15) is 0 Å². The summed E-state index contributed by atoms with van der Waals surface area (Å²) in [5, 5.41) is 10.7. The molecular formula is C11H12N2O3. The van der Waals surface area contributed by atoms with E-state index in [4.69, 9.17) is 5.11 Å². The molecule has 16 heavy (non-hydrogen) atoms. The van der Waals surface area contributed by atoms with Gasteiger partial charge in [0.25, 0.3) is 0 Å². The number of nitrogens with zero attached hydrogens (tertiary/aromatic N) is 1. The van der Waals surface area contributed by atoms with E-state index < -0.39 is 11.9 Å². The normalized spacial score (nSPS) is 14.6. The summed E-state index contributed by atoms with van der Waals surface area (Å²) >= 11 is 0. The molecule has 2 N–H and O–H groups in total. The average molecular weight is 220 g/mol. The molecule has 0 saturated heterocycles. The monoisotopic (exact) mass is 220 g/mol. The minimum Gasteiger partial charge on any atom is -0.474 e. The molecule has 1 saturated carbocycles. The number of aliphatic carboxylic acids is 1. The van der Waals surface area contributed by atoms with Gasteiger partial charge in [0.2, 0.25) is 0 Å². The predicted octanol–water partition coefficient (Wildman–Crippen LogP) is 1.29. The number of amides is 1. The molecule has 1 aromatic rings. The second-order valence-corrected chi connectivity index (χ2v) is 3.93. The Balaban J connectivity index is 2.19. The largest absolute Gasteiger partial charge is 0.474 e. The van der Waals surface area contributed by atoms with Gasteiger partial charge in [-0.2, -0.15) is 0 Å². The summed E-state index contributed by atoms with van der Waals surface area (Å²) in [5.41, 5.74) is 2.49. The molecule has 0 atom stereocenters. The van der Waals surface area contributed by atoms with Crippen LogP contribution in [0.15, 0.2) is 12.3 Å². The van der Waals surface area contributed by atoms with Crippen molar-refractivity contribution >= 4 is 17.6 Å². The number of carbonyl (C=O) groups is 2. The third kappa shape index (κ3) is 2.18. The number of hydrogen-bond donors (Lipinski definition) is 2. The van der Waals surface area contributed by atoms with Crippen LogP contribution in [-0.4, -0.2) is 22.0 Å². The SMILES string of the molecule is Cc1ncc(NC(=O)C(=O)O)cc1C1CC1. The first-order valence-corrected chi connectivity index (χ1v) is 5.08. The lowest BCUT2D eigenvalue weighted by molar-refractivity contribution is -0.147. The van der Waals surface area contributed by atoms with Crippen LogP contribution in [0.4, 0.5) is 5.69 Å². The van der Waals surface area contributed by atoms with Gasteiger partial charge in [-0.15, -0.1) is 0 Å². The van der Waals surface area contributed by atoms with Gasteiger partial charge in [-0.3, -0.25) is 9.78 Å². The molecule has 0 bridgehead atoms. The number of carboxylic acids is 1. The van der Waals surface area contributed by atoms with Crippen molar-refractivity contribution in [2.75, 3.05) is 5.32 Å². The molecule has 1 aromatic heterocycles. The maximum atomic E-state index is 11.0. The van der Waals surface area contributed by atoms with Crippen LogP contribution in [0.2, 0.25) is 0 Å². The van der Waals surface area contributed by atoms with E-state index in [1.54, 1.807) is 6.07 Å². The van der Waals surface area contributed by atoms with Crippen LogP contribution in [0.1, 0.15) is 30.0 Å². The summed E-state index contributed by atoms with van der Waals surface area (Å²) in [6, 6.07) is 1.81. The molecule has 1 aliphatic carbocycles. The second-order valence-electron chi connectivity index (χ2n) is 3.93. The molecule has 84 valence electrons. The van der Waals surface area contributed by atoms with Crippen LogP contribution in [0, 0.1) is 6.92 Å². The van der Waals surface area contributed by atoms with Crippen LogP contribution >= 0.6 is 0 Å². The summed E-state index contributed by atoms with van der Waals surface area (Å²) in [6.07, 6.45) is 3.75. The highest BCUT2D eigenvalue weighted by Gasteiger charge is 2.26. The first-order valence-electron chi connectivity index (χ1n) is 5.08. The quantitative estimate of drug-likeness (QED) is 0.736. The van der Waals surface area contributed by atoms with Crippen molar-refractivity contribution < 1.29 is 14.7 Å². The number of aromatic nitrogens is 1. The standard InChI is InChI=1S/C11H12N2O3/c1-6-9(7-2-3-7)4-8(5-12-6)13-10(14)11(15)16/h4-5,7H,2-3H2,1H3,(H,13,14)(H,15,16). The van der Waals surface area contributed by atoms with E-state index >= 15 is 0 Å². The topological polar surface area (TPSA) is 79.3 Å². The van der Waals surface area contributed by atoms with Crippen molar-refractivity contribution in [1.29, 1.82) is 0 Å². The zero-order valence-electron chi connectivity index (χ0n) is 8.86. The van der Waals surface area contributed by atoms with E-state index in [1.807, 2.05) is 6.92 Å². The average Bonchev–Trinajstić information content (AvgIpc) is 3.04. The van der Waals surface area contributed by atoms with Gasteiger partial charge in [0.15, 0.2) is 0 Å². The molecule has 5 heteroatoms. The smallest absolute Gasteiger partial charge is 0.394 e. The number of aryl methyl sites for hydroxylation is 1. The van der Waals surface area contributed by atoms with Crippen molar-refractivity contribution in [2.24, 2.45) is 0 Å². The minimum atomic E-state index is -1.49. The van der Waals surface area contributed by atoms with Crippen molar-refractivity contribution in [3.63, 3.8) is 0 Å². The fourth-order valence-corrected chi connectivity index (χ4v) is 1.61. The number of nitrogens with one attached hydrogen (secondary N) is 1. The Morgan fingerprint density at radius 3 is 2.75 bits per heavy atom. The van der Waals surface area contributed by atoms with E-state index in [-0.39, 0.29) is 0 Å². The number of anilines is 1. The Morgan fingerprint density at radius 1 is 1.50 bits per heavy atom. The highest BCUT2D eigenvalue weighted by atomic mass is 16.4. The zero-order valence-corrected chi connectivity index (χ0v) is 8.86. The molecule has 1 aliphatic rings.